The van der Waals surface area contributed by atoms with Crippen LogP contribution < -0.4 is 10.2 Å². The third-order valence-corrected chi connectivity index (χ3v) is 9.58. The van der Waals surface area contributed by atoms with Crippen LogP contribution in [0.2, 0.25) is 0 Å². The molecular weight excluding hydrogens is 561 g/mol. The van der Waals surface area contributed by atoms with Crippen molar-refractivity contribution in [1.29, 1.82) is 0 Å². The molecular formula is C29H28N6O2S3. The zero-order valence-corrected chi connectivity index (χ0v) is 24.2. The fourth-order valence-corrected chi connectivity index (χ4v) is 7.17. The Bertz CT molecular complexity index is 1530. The van der Waals surface area contributed by atoms with E-state index < -0.39 is 0 Å². The molecule has 0 spiro atoms. The summed E-state index contributed by atoms with van der Waals surface area (Å²) < 4.78 is 9.71. The number of thiazole rings is 1. The van der Waals surface area contributed by atoms with E-state index in [1.165, 1.54) is 16.5 Å². The Kier molecular flexibility index (Phi) is 8.62. The van der Waals surface area contributed by atoms with E-state index in [0.717, 1.165) is 64.1 Å². The fourth-order valence-electron chi connectivity index (χ4n) is 4.40. The summed E-state index contributed by atoms with van der Waals surface area (Å²) in [5.41, 5.74) is 4.08. The van der Waals surface area contributed by atoms with E-state index in [4.69, 9.17) is 9.72 Å². The topological polar surface area (TPSA) is 85.2 Å². The maximum absolute atomic E-state index is 12.8. The molecule has 0 aliphatic carbocycles. The molecule has 0 unspecified atom stereocenters. The van der Waals surface area contributed by atoms with Crippen LogP contribution in [0.3, 0.4) is 0 Å². The van der Waals surface area contributed by atoms with Gasteiger partial charge in [-0.1, -0.05) is 66.0 Å². The summed E-state index contributed by atoms with van der Waals surface area (Å²) in [6.45, 7) is 3.89. The largest absolute Gasteiger partial charge is 0.378 e. The molecule has 2 aromatic heterocycles. The van der Waals surface area contributed by atoms with Gasteiger partial charge < -0.3 is 19.5 Å². The molecule has 1 saturated heterocycles. The molecule has 3 heterocycles. The number of anilines is 2. The minimum absolute atomic E-state index is 0.0798. The Hall–Kier alpha value is -3.38. The average molecular weight is 589 g/mol. The molecule has 3 aromatic carbocycles. The van der Waals surface area contributed by atoms with Crippen LogP contribution in [0.25, 0.3) is 10.2 Å². The van der Waals surface area contributed by atoms with Crippen molar-refractivity contribution in [3.63, 3.8) is 0 Å². The van der Waals surface area contributed by atoms with Gasteiger partial charge in [-0.15, -0.1) is 21.5 Å². The number of nitrogens with zero attached hydrogens (tertiary/aromatic N) is 5. The number of ether oxygens (including phenoxy) is 1. The Morgan fingerprint density at radius 3 is 2.50 bits per heavy atom. The van der Waals surface area contributed by atoms with Gasteiger partial charge >= 0.3 is 0 Å². The number of carbonyl (C=O) groups is 1. The van der Waals surface area contributed by atoms with Crippen molar-refractivity contribution in [3.8, 4) is 0 Å². The normalized spacial score (nSPS) is 13.6. The lowest BCUT2D eigenvalue weighted by Crippen LogP contribution is -2.36. The first-order chi connectivity index (χ1) is 19.7. The predicted molar refractivity (Wildman–Crippen MR) is 164 cm³/mol. The van der Waals surface area contributed by atoms with Gasteiger partial charge in [-0.3, -0.25) is 4.79 Å². The molecule has 0 radical (unpaired) electrons. The second-order valence-corrected chi connectivity index (χ2v) is 12.4. The Labute approximate surface area is 245 Å². The molecule has 1 aliphatic heterocycles. The second kappa shape index (κ2) is 12.9. The number of hydrogen-bond acceptors (Lipinski definition) is 9. The molecule has 40 heavy (non-hydrogen) atoms. The monoisotopic (exact) mass is 588 g/mol. The number of nitrogens with one attached hydrogen (secondary N) is 1. The van der Waals surface area contributed by atoms with Crippen LogP contribution in [0.5, 0.6) is 0 Å². The molecule has 0 saturated carbocycles. The van der Waals surface area contributed by atoms with Gasteiger partial charge in [-0.2, -0.15) is 0 Å². The molecule has 1 fully saturated rings. The van der Waals surface area contributed by atoms with E-state index in [9.17, 15) is 4.79 Å². The summed E-state index contributed by atoms with van der Waals surface area (Å²) in [6, 6.07) is 26.4. The zero-order chi connectivity index (χ0) is 27.1. The van der Waals surface area contributed by atoms with E-state index >= 15 is 0 Å². The highest BCUT2D eigenvalue weighted by Gasteiger charge is 2.17. The molecule has 0 atom stereocenters. The number of carbonyl (C=O) groups excluding carboxylic acids is 1. The first kappa shape index (κ1) is 26.8. The third-order valence-electron chi connectivity index (χ3n) is 6.44. The Morgan fingerprint density at radius 2 is 1.70 bits per heavy atom. The van der Waals surface area contributed by atoms with Crippen molar-refractivity contribution in [3.05, 3.63) is 90.3 Å². The van der Waals surface area contributed by atoms with Crippen molar-refractivity contribution in [2.45, 2.75) is 21.8 Å². The first-order valence-corrected chi connectivity index (χ1v) is 15.8. The van der Waals surface area contributed by atoms with Crippen LogP contribution >= 0.6 is 34.9 Å². The van der Waals surface area contributed by atoms with Crippen molar-refractivity contribution in [1.82, 2.24) is 19.7 Å². The van der Waals surface area contributed by atoms with E-state index in [2.05, 4.69) is 43.2 Å². The summed E-state index contributed by atoms with van der Waals surface area (Å²) >= 11 is 4.74. The van der Waals surface area contributed by atoms with Crippen LogP contribution in [0.1, 0.15) is 11.4 Å². The van der Waals surface area contributed by atoms with E-state index in [-0.39, 0.29) is 11.7 Å². The van der Waals surface area contributed by atoms with Crippen molar-refractivity contribution >= 4 is 62.4 Å². The van der Waals surface area contributed by atoms with Crippen LogP contribution in [-0.2, 0) is 21.8 Å². The molecule has 11 heteroatoms. The van der Waals surface area contributed by atoms with Gasteiger partial charge in [-0.05, 0) is 42.0 Å². The number of rotatable bonds is 10. The van der Waals surface area contributed by atoms with E-state index in [1.807, 2.05) is 60.7 Å². The number of fused-ring (bicyclic) bond motifs is 1. The van der Waals surface area contributed by atoms with Gasteiger partial charge in [0.15, 0.2) is 9.50 Å². The SMILES string of the molecule is O=C(CSc1nnc(CSc2nc3ccccc3s2)n1Cc1ccccc1)Nc1ccc(N2CCOCC2)cc1. The average Bonchev–Trinajstić information content (AvgIpc) is 3.59. The summed E-state index contributed by atoms with van der Waals surface area (Å²) in [5.74, 6) is 1.66. The standard InChI is InChI=1S/C29H28N6O2S3/c36-27(30-22-10-12-23(13-11-22)34-14-16-37-17-15-34)20-38-28-33-32-26(35(28)18-21-6-2-1-3-7-21)19-39-29-31-24-8-4-5-9-25(24)40-29/h1-13H,14-20H2,(H,30,36). The number of benzene rings is 3. The molecule has 1 amide bonds. The van der Waals surface area contributed by atoms with Gasteiger partial charge in [0.1, 0.15) is 5.82 Å². The maximum atomic E-state index is 12.8. The van der Waals surface area contributed by atoms with Crippen molar-refractivity contribution in [2.24, 2.45) is 0 Å². The summed E-state index contributed by atoms with van der Waals surface area (Å²) in [5, 5.41) is 12.7. The molecule has 8 nitrogen and oxygen atoms in total. The smallest absolute Gasteiger partial charge is 0.234 e. The van der Waals surface area contributed by atoms with Crippen LogP contribution in [0.4, 0.5) is 11.4 Å². The van der Waals surface area contributed by atoms with Crippen molar-refractivity contribution in [2.75, 3.05) is 42.3 Å². The lowest BCUT2D eigenvalue weighted by molar-refractivity contribution is -0.113. The van der Waals surface area contributed by atoms with E-state index in [0.29, 0.717) is 12.3 Å². The highest BCUT2D eigenvalue weighted by molar-refractivity contribution is 8.00. The van der Waals surface area contributed by atoms with Crippen LogP contribution in [-0.4, -0.2) is 57.7 Å². The van der Waals surface area contributed by atoms with Crippen LogP contribution in [0, 0.1) is 0 Å². The Balaban J connectivity index is 1.11. The molecule has 0 bridgehead atoms. The molecule has 6 rings (SSSR count). The number of para-hydroxylation sites is 1. The van der Waals surface area contributed by atoms with Gasteiger partial charge in [0.05, 0.1) is 41.5 Å². The summed E-state index contributed by atoms with van der Waals surface area (Å²) in [4.78, 5) is 19.8. The zero-order valence-electron chi connectivity index (χ0n) is 21.7. The molecule has 5 aromatic rings. The number of thioether (sulfide) groups is 2. The lowest BCUT2D eigenvalue weighted by atomic mass is 10.2. The van der Waals surface area contributed by atoms with Gasteiger partial charge in [0, 0.05) is 24.5 Å². The molecule has 1 N–H and O–H groups in total. The fraction of sp³-hybridized carbons (Fsp3) is 0.241. The van der Waals surface area contributed by atoms with Gasteiger partial charge in [0.2, 0.25) is 5.91 Å². The minimum Gasteiger partial charge on any atom is -0.378 e. The molecule has 204 valence electrons. The summed E-state index contributed by atoms with van der Waals surface area (Å²) in [7, 11) is 0. The van der Waals surface area contributed by atoms with E-state index in [1.54, 1.807) is 23.1 Å². The number of hydrogen-bond donors (Lipinski definition) is 1. The highest BCUT2D eigenvalue weighted by atomic mass is 32.2. The number of aromatic nitrogens is 4. The van der Waals surface area contributed by atoms with Crippen LogP contribution in [0.15, 0.2) is 88.4 Å². The highest BCUT2D eigenvalue weighted by Crippen LogP contribution is 2.32. The lowest BCUT2D eigenvalue weighted by Gasteiger charge is -2.28. The predicted octanol–water partition coefficient (Wildman–Crippen LogP) is 5.80. The number of amides is 1. The Morgan fingerprint density at radius 1 is 0.925 bits per heavy atom. The van der Waals surface area contributed by atoms with Gasteiger partial charge in [0.25, 0.3) is 0 Å². The maximum Gasteiger partial charge on any atom is 0.234 e. The minimum atomic E-state index is -0.0798. The third kappa shape index (κ3) is 6.67. The summed E-state index contributed by atoms with van der Waals surface area (Å²) in [6.07, 6.45) is 0. The molecule has 1 aliphatic rings. The first-order valence-electron chi connectivity index (χ1n) is 13.0. The second-order valence-electron chi connectivity index (χ2n) is 9.19. The quantitative estimate of drug-likeness (QED) is 0.205. The number of morpholine rings is 1. The van der Waals surface area contributed by atoms with Crippen molar-refractivity contribution < 1.29 is 9.53 Å². The van der Waals surface area contributed by atoms with Gasteiger partial charge in [-0.25, -0.2) is 4.98 Å².